The Kier molecular flexibility index (Phi) is 6.65. The molecular formula is C10H17N3O7. The van der Waals surface area contributed by atoms with Crippen LogP contribution in [0.1, 0.15) is 0 Å². The quantitative estimate of drug-likeness (QED) is 0.366. The van der Waals surface area contributed by atoms with Gasteiger partial charge in [0.15, 0.2) is 6.29 Å². The Bertz CT molecular complexity index is 374. The normalized spacial score (nSPS) is 33.5. The number of aliphatic carboxylic acids is 1. The molecule has 0 aromatic rings. The summed E-state index contributed by atoms with van der Waals surface area (Å²) >= 11 is 0. The van der Waals surface area contributed by atoms with Gasteiger partial charge in [0, 0.05) is 19.1 Å². The minimum absolute atomic E-state index is 0.0596. The van der Waals surface area contributed by atoms with Gasteiger partial charge >= 0.3 is 5.97 Å². The van der Waals surface area contributed by atoms with E-state index in [1.807, 2.05) is 0 Å². The molecule has 0 radical (unpaired) electrons. The molecular weight excluding hydrogens is 274 g/mol. The van der Waals surface area contributed by atoms with Gasteiger partial charge < -0.3 is 29.2 Å². The molecule has 20 heavy (non-hydrogen) atoms. The minimum Gasteiger partial charge on any atom is -0.480 e. The summed E-state index contributed by atoms with van der Waals surface area (Å²) in [4.78, 5) is 13.2. The first-order chi connectivity index (χ1) is 9.54. The fourth-order valence-electron chi connectivity index (χ4n) is 1.94. The lowest BCUT2D eigenvalue weighted by Crippen LogP contribution is -2.59. The zero-order valence-electron chi connectivity index (χ0n) is 11.1. The van der Waals surface area contributed by atoms with Gasteiger partial charge in [0.05, 0.1) is 18.8 Å². The zero-order valence-corrected chi connectivity index (χ0v) is 11.1. The predicted octanol–water partition coefficient (Wildman–Crippen LogP) is -0.486. The second kappa shape index (κ2) is 8.00. The number of aliphatic hydroxyl groups excluding tert-OH is 1. The van der Waals surface area contributed by atoms with Crippen LogP contribution in [0.25, 0.3) is 10.4 Å². The Morgan fingerprint density at radius 3 is 2.70 bits per heavy atom. The molecule has 1 fully saturated rings. The van der Waals surface area contributed by atoms with E-state index in [9.17, 15) is 9.90 Å². The van der Waals surface area contributed by atoms with Crippen molar-refractivity contribution in [3.63, 3.8) is 0 Å². The van der Waals surface area contributed by atoms with Gasteiger partial charge in [0.25, 0.3) is 0 Å². The van der Waals surface area contributed by atoms with Crippen LogP contribution in [0.5, 0.6) is 0 Å². The number of aliphatic hydroxyl groups is 1. The Morgan fingerprint density at radius 2 is 2.20 bits per heavy atom. The molecule has 5 atom stereocenters. The fourth-order valence-corrected chi connectivity index (χ4v) is 1.94. The standard InChI is InChI=1S/C10H17N3O7/c1-17-3-5-8(16)7(12-13-11)9(10(18-2)20-5)19-4-6(14)15/h5,7-10,16H,3-4H2,1-2H3,(H,14,15)/t5-,7+,8-,9-,10-/m1/s1. The van der Waals surface area contributed by atoms with E-state index in [4.69, 9.17) is 29.6 Å². The Balaban J connectivity index is 2.91. The number of ether oxygens (including phenoxy) is 4. The summed E-state index contributed by atoms with van der Waals surface area (Å²) in [7, 11) is 2.75. The van der Waals surface area contributed by atoms with Crippen LogP contribution in [-0.4, -0.2) is 74.3 Å². The van der Waals surface area contributed by atoms with E-state index in [2.05, 4.69) is 10.0 Å². The maximum Gasteiger partial charge on any atom is 0.329 e. The smallest absolute Gasteiger partial charge is 0.329 e. The van der Waals surface area contributed by atoms with Crippen molar-refractivity contribution in [1.82, 2.24) is 0 Å². The van der Waals surface area contributed by atoms with E-state index < -0.39 is 43.2 Å². The first-order valence-corrected chi connectivity index (χ1v) is 5.78. The van der Waals surface area contributed by atoms with Gasteiger partial charge in [-0.2, -0.15) is 0 Å². The van der Waals surface area contributed by atoms with E-state index in [1.54, 1.807) is 0 Å². The molecule has 10 nitrogen and oxygen atoms in total. The molecule has 0 aromatic heterocycles. The van der Waals surface area contributed by atoms with Crippen molar-refractivity contribution in [1.29, 1.82) is 0 Å². The van der Waals surface area contributed by atoms with Crippen LogP contribution >= 0.6 is 0 Å². The van der Waals surface area contributed by atoms with Crippen LogP contribution < -0.4 is 0 Å². The van der Waals surface area contributed by atoms with E-state index in [0.29, 0.717) is 0 Å². The average Bonchev–Trinajstić information content (AvgIpc) is 2.41. The Morgan fingerprint density at radius 1 is 1.50 bits per heavy atom. The second-order valence-corrected chi connectivity index (χ2v) is 4.09. The lowest BCUT2D eigenvalue weighted by Gasteiger charge is -2.41. The van der Waals surface area contributed by atoms with Gasteiger partial charge in [-0.05, 0) is 5.53 Å². The number of hydrogen-bond donors (Lipinski definition) is 2. The summed E-state index contributed by atoms with van der Waals surface area (Å²) in [5, 5.41) is 22.2. The summed E-state index contributed by atoms with van der Waals surface area (Å²) in [6, 6.07) is -1.04. The highest BCUT2D eigenvalue weighted by molar-refractivity contribution is 5.68. The molecule has 1 saturated heterocycles. The lowest BCUT2D eigenvalue weighted by molar-refractivity contribution is -0.277. The van der Waals surface area contributed by atoms with Gasteiger partial charge in [0.2, 0.25) is 0 Å². The Hall–Kier alpha value is -1.42. The highest BCUT2D eigenvalue weighted by Gasteiger charge is 2.46. The van der Waals surface area contributed by atoms with Gasteiger partial charge in [-0.3, -0.25) is 0 Å². The molecule has 0 aromatic carbocycles. The second-order valence-electron chi connectivity index (χ2n) is 4.09. The van der Waals surface area contributed by atoms with Crippen LogP contribution in [-0.2, 0) is 23.7 Å². The SMILES string of the molecule is COC[C@H]1O[C@@H](OC)[C@H](OCC(=O)O)[C@@H](N=[N+]=[N-])[C@@H]1O. The summed E-state index contributed by atoms with van der Waals surface area (Å²) in [6.07, 6.45) is -3.98. The molecule has 0 bridgehead atoms. The first-order valence-electron chi connectivity index (χ1n) is 5.78. The first kappa shape index (κ1) is 16.6. The number of hydrogen-bond acceptors (Lipinski definition) is 7. The summed E-state index contributed by atoms with van der Waals surface area (Å²) < 4.78 is 20.4. The lowest BCUT2D eigenvalue weighted by atomic mass is 9.97. The van der Waals surface area contributed by atoms with Crippen LogP contribution in [0.4, 0.5) is 0 Å². The number of carboxylic acids is 1. The maximum atomic E-state index is 10.6. The molecule has 0 spiro atoms. The van der Waals surface area contributed by atoms with Crippen molar-refractivity contribution in [2.24, 2.45) is 5.11 Å². The molecule has 0 saturated carbocycles. The van der Waals surface area contributed by atoms with Crippen molar-refractivity contribution in [3.8, 4) is 0 Å². The number of carbonyl (C=O) groups is 1. The number of azide groups is 1. The van der Waals surface area contributed by atoms with E-state index >= 15 is 0 Å². The van der Waals surface area contributed by atoms with Crippen LogP contribution in [0, 0.1) is 0 Å². The average molecular weight is 291 g/mol. The highest BCUT2D eigenvalue weighted by Crippen LogP contribution is 2.26. The predicted molar refractivity (Wildman–Crippen MR) is 63.9 cm³/mol. The monoisotopic (exact) mass is 291 g/mol. The molecule has 1 rings (SSSR count). The van der Waals surface area contributed by atoms with Gasteiger partial charge in [-0.1, -0.05) is 5.11 Å². The number of nitrogens with zero attached hydrogens (tertiary/aromatic N) is 3. The molecule has 0 amide bonds. The minimum atomic E-state index is -1.20. The van der Waals surface area contributed by atoms with Gasteiger partial charge in [-0.15, -0.1) is 0 Å². The van der Waals surface area contributed by atoms with E-state index in [1.165, 1.54) is 14.2 Å². The maximum absolute atomic E-state index is 10.6. The van der Waals surface area contributed by atoms with E-state index in [0.717, 1.165) is 0 Å². The molecule has 0 unspecified atom stereocenters. The van der Waals surface area contributed by atoms with Gasteiger partial charge in [0.1, 0.15) is 18.8 Å². The number of carboxylic acid groups (broad SMARTS) is 1. The summed E-state index contributed by atoms with van der Waals surface area (Å²) in [5.74, 6) is -1.20. The topological polar surface area (TPSA) is 143 Å². The van der Waals surface area contributed by atoms with E-state index in [-0.39, 0.29) is 6.61 Å². The third kappa shape index (κ3) is 4.04. The third-order valence-electron chi connectivity index (χ3n) is 2.79. The molecule has 10 heteroatoms. The van der Waals surface area contributed by atoms with Crippen molar-refractivity contribution >= 4 is 5.97 Å². The molecule has 114 valence electrons. The summed E-state index contributed by atoms with van der Waals surface area (Å²) in [5.41, 5.74) is 8.57. The number of rotatable bonds is 7. The van der Waals surface area contributed by atoms with Gasteiger partial charge in [-0.25, -0.2) is 4.79 Å². The van der Waals surface area contributed by atoms with Crippen molar-refractivity contribution in [3.05, 3.63) is 10.4 Å². The highest BCUT2D eigenvalue weighted by atomic mass is 16.7. The van der Waals surface area contributed by atoms with Crippen molar-refractivity contribution < 1.29 is 34.0 Å². The molecule has 2 N–H and O–H groups in total. The van der Waals surface area contributed by atoms with Crippen molar-refractivity contribution in [2.45, 2.75) is 30.6 Å². The Labute approximate surface area is 114 Å². The third-order valence-corrected chi connectivity index (χ3v) is 2.79. The molecule has 1 heterocycles. The van der Waals surface area contributed by atoms with Crippen LogP contribution in [0.2, 0.25) is 0 Å². The van der Waals surface area contributed by atoms with Crippen LogP contribution in [0.15, 0.2) is 5.11 Å². The largest absolute Gasteiger partial charge is 0.480 e. The summed E-state index contributed by atoms with van der Waals surface area (Å²) in [6.45, 7) is -0.572. The number of methoxy groups -OCH3 is 2. The molecule has 1 aliphatic heterocycles. The molecule has 1 aliphatic rings. The van der Waals surface area contributed by atoms with Crippen molar-refractivity contribution in [2.75, 3.05) is 27.4 Å². The molecule has 0 aliphatic carbocycles. The fraction of sp³-hybridized carbons (Fsp3) is 0.900. The zero-order chi connectivity index (χ0) is 15.1. The van der Waals surface area contributed by atoms with Crippen LogP contribution in [0.3, 0.4) is 0 Å².